The normalized spacial score (nSPS) is 13.2. The standard InChI is InChI=1S/C11H17N5O5/c12-2-9(18)15-7(1-6-3-13-5-14-6)10(19)16-8(4-17)11(20)21/h3,5,7-8,17H,1-2,4,12H2,(H,13,14)(H,15,18)(H,16,19)(H,20,21)/t7-,8-/m0/s1. The number of aromatic nitrogens is 2. The monoisotopic (exact) mass is 299 g/mol. The summed E-state index contributed by atoms with van der Waals surface area (Å²) < 4.78 is 0. The molecule has 2 amide bonds. The van der Waals surface area contributed by atoms with E-state index in [0.29, 0.717) is 5.69 Å². The minimum Gasteiger partial charge on any atom is -0.480 e. The van der Waals surface area contributed by atoms with Crippen LogP contribution in [-0.2, 0) is 20.8 Å². The molecule has 0 fully saturated rings. The molecule has 0 saturated carbocycles. The number of carbonyl (C=O) groups is 3. The minimum atomic E-state index is -1.45. The van der Waals surface area contributed by atoms with E-state index in [0.717, 1.165) is 0 Å². The number of amides is 2. The van der Waals surface area contributed by atoms with Gasteiger partial charge in [-0.1, -0.05) is 0 Å². The predicted molar refractivity (Wildman–Crippen MR) is 69.9 cm³/mol. The maximum absolute atomic E-state index is 12.0. The molecule has 2 atom stereocenters. The Balaban J connectivity index is 2.76. The lowest BCUT2D eigenvalue weighted by Crippen LogP contribution is -2.54. The first-order valence-corrected chi connectivity index (χ1v) is 6.08. The summed E-state index contributed by atoms with van der Waals surface area (Å²) in [4.78, 5) is 40.7. The van der Waals surface area contributed by atoms with Crippen molar-refractivity contribution >= 4 is 17.8 Å². The van der Waals surface area contributed by atoms with Crippen molar-refractivity contribution in [3.63, 3.8) is 0 Å². The van der Waals surface area contributed by atoms with E-state index in [4.69, 9.17) is 15.9 Å². The molecule has 116 valence electrons. The van der Waals surface area contributed by atoms with Crippen molar-refractivity contribution in [2.75, 3.05) is 13.2 Å². The number of carbonyl (C=O) groups excluding carboxylic acids is 2. The number of aliphatic hydroxyl groups is 1. The van der Waals surface area contributed by atoms with Crippen LogP contribution in [0.3, 0.4) is 0 Å². The molecule has 0 aliphatic carbocycles. The van der Waals surface area contributed by atoms with Gasteiger partial charge in [0.2, 0.25) is 11.8 Å². The Hall–Kier alpha value is -2.46. The van der Waals surface area contributed by atoms with Gasteiger partial charge in [0.15, 0.2) is 0 Å². The third-order valence-corrected chi connectivity index (χ3v) is 2.61. The summed E-state index contributed by atoms with van der Waals surface area (Å²) in [7, 11) is 0. The number of nitrogens with zero attached hydrogens (tertiary/aromatic N) is 1. The molecule has 1 rings (SSSR count). The first-order valence-electron chi connectivity index (χ1n) is 6.08. The number of aliphatic hydroxyl groups excluding tert-OH is 1. The molecular formula is C11H17N5O5. The molecule has 0 aliphatic rings. The van der Waals surface area contributed by atoms with E-state index in [9.17, 15) is 14.4 Å². The van der Waals surface area contributed by atoms with Crippen LogP contribution in [0.2, 0.25) is 0 Å². The van der Waals surface area contributed by atoms with E-state index in [1.165, 1.54) is 12.5 Å². The summed E-state index contributed by atoms with van der Waals surface area (Å²) in [5, 5.41) is 22.2. The fourth-order valence-corrected chi connectivity index (χ4v) is 1.54. The second-order valence-corrected chi connectivity index (χ2v) is 4.19. The van der Waals surface area contributed by atoms with Crippen LogP contribution in [0.1, 0.15) is 5.69 Å². The zero-order chi connectivity index (χ0) is 15.8. The summed E-state index contributed by atoms with van der Waals surface area (Å²) in [5.74, 6) is -2.69. The summed E-state index contributed by atoms with van der Waals surface area (Å²) in [5.41, 5.74) is 5.74. The van der Waals surface area contributed by atoms with Crippen molar-refractivity contribution < 1.29 is 24.6 Å². The van der Waals surface area contributed by atoms with E-state index in [2.05, 4.69) is 20.6 Å². The fourth-order valence-electron chi connectivity index (χ4n) is 1.54. The minimum absolute atomic E-state index is 0.0787. The van der Waals surface area contributed by atoms with E-state index >= 15 is 0 Å². The molecule has 21 heavy (non-hydrogen) atoms. The predicted octanol–water partition coefficient (Wildman–Crippen LogP) is -3.04. The number of hydrogen-bond acceptors (Lipinski definition) is 6. The van der Waals surface area contributed by atoms with Crippen LogP contribution in [0.15, 0.2) is 12.5 Å². The van der Waals surface area contributed by atoms with Crippen LogP contribution in [0.25, 0.3) is 0 Å². The Labute approximate surface area is 119 Å². The Bertz CT molecular complexity index is 489. The first-order chi connectivity index (χ1) is 9.97. The van der Waals surface area contributed by atoms with Crippen molar-refractivity contribution in [3.05, 3.63) is 18.2 Å². The van der Waals surface area contributed by atoms with Gasteiger partial charge in [-0.15, -0.1) is 0 Å². The van der Waals surface area contributed by atoms with Gasteiger partial charge in [-0.05, 0) is 0 Å². The number of hydrogen-bond donors (Lipinski definition) is 6. The maximum atomic E-state index is 12.0. The number of nitrogens with one attached hydrogen (secondary N) is 3. The lowest BCUT2D eigenvalue weighted by molar-refractivity contribution is -0.143. The van der Waals surface area contributed by atoms with Crippen LogP contribution >= 0.6 is 0 Å². The lowest BCUT2D eigenvalue weighted by atomic mass is 10.1. The van der Waals surface area contributed by atoms with Crippen LogP contribution in [-0.4, -0.2) is 63.2 Å². The van der Waals surface area contributed by atoms with E-state index in [1.807, 2.05) is 0 Å². The third-order valence-electron chi connectivity index (χ3n) is 2.61. The topological polar surface area (TPSA) is 170 Å². The molecule has 1 aromatic rings. The Kier molecular flexibility index (Phi) is 6.30. The van der Waals surface area contributed by atoms with Crippen molar-refractivity contribution in [2.24, 2.45) is 5.73 Å². The van der Waals surface area contributed by atoms with Crippen LogP contribution in [0.5, 0.6) is 0 Å². The molecular weight excluding hydrogens is 282 g/mol. The fraction of sp³-hybridized carbons (Fsp3) is 0.455. The second-order valence-electron chi connectivity index (χ2n) is 4.19. The number of carboxylic acid groups (broad SMARTS) is 1. The number of rotatable bonds is 8. The molecule has 0 aromatic carbocycles. The molecule has 10 nitrogen and oxygen atoms in total. The van der Waals surface area contributed by atoms with Gasteiger partial charge in [0, 0.05) is 18.3 Å². The van der Waals surface area contributed by atoms with Gasteiger partial charge in [-0.2, -0.15) is 0 Å². The first kappa shape index (κ1) is 16.6. The third kappa shape index (κ3) is 5.20. The number of carboxylic acids is 1. The maximum Gasteiger partial charge on any atom is 0.328 e. The quantitative estimate of drug-likeness (QED) is 0.296. The zero-order valence-corrected chi connectivity index (χ0v) is 11.1. The molecule has 0 unspecified atom stereocenters. The smallest absolute Gasteiger partial charge is 0.328 e. The largest absolute Gasteiger partial charge is 0.480 e. The second kappa shape index (κ2) is 7.97. The van der Waals surface area contributed by atoms with Gasteiger partial charge in [0.25, 0.3) is 0 Å². The van der Waals surface area contributed by atoms with Crippen LogP contribution in [0.4, 0.5) is 0 Å². The number of aliphatic carboxylic acids is 1. The molecule has 7 N–H and O–H groups in total. The van der Waals surface area contributed by atoms with Gasteiger partial charge in [-0.3, -0.25) is 9.59 Å². The average molecular weight is 299 g/mol. The lowest BCUT2D eigenvalue weighted by Gasteiger charge is -2.19. The Morgan fingerprint density at radius 3 is 2.52 bits per heavy atom. The van der Waals surface area contributed by atoms with Crippen molar-refractivity contribution in [2.45, 2.75) is 18.5 Å². The van der Waals surface area contributed by atoms with Gasteiger partial charge in [0.05, 0.1) is 19.5 Å². The highest BCUT2D eigenvalue weighted by Gasteiger charge is 2.26. The van der Waals surface area contributed by atoms with Crippen molar-refractivity contribution in [1.82, 2.24) is 20.6 Å². The number of nitrogens with two attached hydrogens (primary N) is 1. The number of aromatic amines is 1. The van der Waals surface area contributed by atoms with Crippen molar-refractivity contribution in [1.29, 1.82) is 0 Å². The Morgan fingerprint density at radius 2 is 2.05 bits per heavy atom. The Morgan fingerprint density at radius 1 is 1.33 bits per heavy atom. The van der Waals surface area contributed by atoms with Gasteiger partial charge in [-0.25, -0.2) is 9.78 Å². The molecule has 0 aliphatic heterocycles. The van der Waals surface area contributed by atoms with E-state index < -0.39 is 36.5 Å². The highest BCUT2D eigenvalue weighted by atomic mass is 16.4. The summed E-state index contributed by atoms with van der Waals surface area (Å²) in [6, 6.07) is -2.48. The molecule has 1 heterocycles. The average Bonchev–Trinajstić information content (AvgIpc) is 2.96. The van der Waals surface area contributed by atoms with E-state index in [1.54, 1.807) is 0 Å². The molecule has 0 bridgehead atoms. The summed E-state index contributed by atoms with van der Waals surface area (Å²) in [6.07, 6.45) is 2.95. The van der Waals surface area contributed by atoms with Gasteiger partial charge >= 0.3 is 5.97 Å². The zero-order valence-electron chi connectivity index (χ0n) is 11.1. The van der Waals surface area contributed by atoms with Crippen LogP contribution < -0.4 is 16.4 Å². The SMILES string of the molecule is NCC(=O)N[C@@H](Cc1cnc[nH]1)C(=O)N[C@@H](CO)C(=O)O. The van der Waals surface area contributed by atoms with E-state index in [-0.39, 0.29) is 13.0 Å². The number of imidazole rings is 1. The highest BCUT2D eigenvalue weighted by molar-refractivity contribution is 5.91. The summed E-state index contributed by atoms with van der Waals surface area (Å²) in [6.45, 7) is -1.07. The molecule has 0 radical (unpaired) electrons. The molecule has 1 aromatic heterocycles. The van der Waals surface area contributed by atoms with Crippen molar-refractivity contribution in [3.8, 4) is 0 Å². The molecule has 10 heteroatoms. The molecule has 0 spiro atoms. The molecule has 0 saturated heterocycles. The number of H-pyrrole nitrogens is 1. The summed E-state index contributed by atoms with van der Waals surface area (Å²) >= 11 is 0. The highest BCUT2D eigenvalue weighted by Crippen LogP contribution is 2.00. The van der Waals surface area contributed by atoms with Crippen LogP contribution in [0, 0.1) is 0 Å². The van der Waals surface area contributed by atoms with Gasteiger partial charge < -0.3 is 31.6 Å². The van der Waals surface area contributed by atoms with Gasteiger partial charge in [0.1, 0.15) is 12.1 Å².